The second-order valence-corrected chi connectivity index (χ2v) is 9.05. The average Bonchev–Trinajstić information content (AvgIpc) is 3.20. The lowest BCUT2D eigenvalue weighted by Crippen LogP contribution is -2.52. The summed E-state index contributed by atoms with van der Waals surface area (Å²) in [5, 5.41) is 18.3. The lowest BCUT2D eigenvalue weighted by molar-refractivity contribution is -0.120. The van der Waals surface area contributed by atoms with Crippen molar-refractivity contribution in [3.8, 4) is 0 Å². The predicted octanol–water partition coefficient (Wildman–Crippen LogP) is 3.61. The molecule has 1 saturated carbocycles. The number of pyridine rings is 1. The highest BCUT2D eigenvalue weighted by Crippen LogP contribution is 2.40. The first-order valence-corrected chi connectivity index (χ1v) is 11.4. The second-order valence-electron chi connectivity index (χ2n) is 9.05. The predicted molar refractivity (Wildman–Crippen MR) is 125 cm³/mol. The Morgan fingerprint density at radius 1 is 1.26 bits per heavy atom. The number of fused-ring (bicyclic) bond motifs is 1. The van der Waals surface area contributed by atoms with Crippen LogP contribution >= 0.6 is 0 Å². The number of hydrogen-bond donors (Lipinski definition) is 3. The van der Waals surface area contributed by atoms with E-state index in [9.17, 15) is 9.18 Å². The van der Waals surface area contributed by atoms with Crippen molar-refractivity contribution >= 4 is 34.8 Å². The van der Waals surface area contributed by atoms with Crippen molar-refractivity contribution in [2.45, 2.75) is 44.1 Å². The van der Waals surface area contributed by atoms with Crippen LogP contribution in [0.1, 0.15) is 44.2 Å². The maximum atomic E-state index is 13.3. The molecule has 3 N–H and O–H groups in total. The number of carbonyl (C=O) groups is 1. The summed E-state index contributed by atoms with van der Waals surface area (Å²) in [6.45, 7) is 2.49. The quantitative estimate of drug-likeness (QED) is 0.402. The highest BCUT2D eigenvalue weighted by Gasteiger charge is 2.45. The fourth-order valence-electron chi connectivity index (χ4n) is 4.48. The third kappa shape index (κ3) is 3.62. The average molecular weight is 462 g/mol. The van der Waals surface area contributed by atoms with Gasteiger partial charge < -0.3 is 15.5 Å². The molecule has 10 nitrogen and oxygen atoms in total. The summed E-state index contributed by atoms with van der Waals surface area (Å²) < 4.78 is 15.0. The zero-order valence-electron chi connectivity index (χ0n) is 18.6. The molecule has 2 fully saturated rings. The van der Waals surface area contributed by atoms with Crippen LogP contribution in [-0.4, -0.2) is 47.8 Å². The third-order valence-electron chi connectivity index (χ3n) is 6.58. The number of aromatic amines is 1. The zero-order valence-corrected chi connectivity index (χ0v) is 18.6. The maximum Gasteiger partial charge on any atom is 0.251 e. The number of rotatable bonds is 6. The minimum atomic E-state index is -0.889. The van der Waals surface area contributed by atoms with Crippen molar-refractivity contribution in [3.05, 3.63) is 54.2 Å². The number of H-pyrrole nitrogens is 1. The molecule has 0 aromatic carbocycles. The first-order chi connectivity index (χ1) is 16.5. The van der Waals surface area contributed by atoms with Crippen molar-refractivity contribution in [2.75, 3.05) is 22.1 Å². The molecule has 34 heavy (non-hydrogen) atoms. The van der Waals surface area contributed by atoms with Crippen LogP contribution in [-0.2, 0) is 4.79 Å². The summed E-state index contributed by atoms with van der Waals surface area (Å²) in [6, 6.07) is 8.55. The molecule has 1 atom stereocenters. The van der Waals surface area contributed by atoms with E-state index in [1.54, 1.807) is 4.52 Å². The van der Waals surface area contributed by atoms with Crippen LogP contribution in [0, 0.1) is 5.82 Å². The molecule has 5 heterocycles. The van der Waals surface area contributed by atoms with Crippen molar-refractivity contribution in [1.82, 2.24) is 29.8 Å². The third-order valence-corrected chi connectivity index (χ3v) is 6.58. The van der Waals surface area contributed by atoms with Crippen molar-refractivity contribution < 1.29 is 9.18 Å². The molecule has 2 aliphatic rings. The van der Waals surface area contributed by atoms with E-state index in [1.807, 2.05) is 36.2 Å². The van der Waals surface area contributed by atoms with Gasteiger partial charge in [-0.05, 0) is 56.9 Å². The molecule has 4 aromatic heterocycles. The van der Waals surface area contributed by atoms with Gasteiger partial charge >= 0.3 is 0 Å². The van der Waals surface area contributed by atoms with Gasteiger partial charge in [0, 0.05) is 30.4 Å². The van der Waals surface area contributed by atoms with Gasteiger partial charge in [0.2, 0.25) is 5.95 Å². The lowest BCUT2D eigenvalue weighted by atomic mass is 9.98. The molecule has 1 aliphatic heterocycles. The summed E-state index contributed by atoms with van der Waals surface area (Å²) in [4.78, 5) is 24.0. The zero-order chi connectivity index (χ0) is 23.3. The van der Waals surface area contributed by atoms with Crippen LogP contribution in [0.15, 0.2) is 42.7 Å². The van der Waals surface area contributed by atoms with E-state index in [2.05, 4.69) is 30.9 Å². The smallest absolute Gasteiger partial charge is 0.251 e. The Labute approximate surface area is 194 Å². The summed E-state index contributed by atoms with van der Waals surface area (Å²) in [6.07, 6.45) is 6.73. The second kappa shape index (κ2) is 7.79. The normalized spacial score (nSPS) is 20.1. The van der Waals surface area contributed by atoms with Crippen molar-refractivity contribution in [1.29, 1.82) is 0 Å². The monoisotopic (exact) mass is 461 g/mol. The Hall–Kier alpha value is -4.02. The molecule has 0 unspecified atom stereocenters. The Bertz CT molecular complexity index is 1360. The van der Waals surface area contributed by atoms with Crippen molar-refractivity contribution in [3.63, 3.8) is 0 Å². The van der Waals surface area contributed by atoms with E-state index in [4.69, 9.17) is 4.98 Å². The van der Waals surface area contributed by atoms with Crippen LogP contribution in [0.3, 0.4) is 0 Å². The van der Waals surface area contributed by atoms with E-state index in [-0.39, 0.29) is 5.91 Å². The van der Waals surface area contributed by atoms with Crippen LogP contribution in [0.4, 0.5) is 27.8 Å². The van der Waals surface area contributed by atoms with Gasteiger partial charge in [0.25, 0.3) is 5.91 Å². The van der Waals surface area contributed by atoms with E-state index >= 15 is 0 Å². The Balaban J connectivity index is 1.31. The lowest BCUT2D eigenvalue weighted by Gasteiger charge is -2.33. The number of aromatic nitrogens is 6. The van der Waals surface area contributed by atoms with Gasteiger partial charge in [-0.1, -0.05) is 0 Å². The fourth-order valence-corrected chi connectivity index (χ4v) is 4.48. The number of halogens is 1. The van der Waals surface area contributed by atoms with Crippen LogP contribution in [0.5, 0.6) is 0 Å². The fraction of sp³-hybridized carbons (Fsp3) is 0.348. The van der Waals surface area contributed by atoms with Gasteiger partial charge in [0.1, 0.15) is 22.7 Å². The topological polar surface area (TPSA) is 116 Å². The van der Waals surface area contributed by atoms with Gasteiger partial charge in [-0.2, -0.15) is 10.1 Å². The Morgan fingerprint density at radius 2 is 2.15 bits per heavy atom. The van der Waals surface area contributed by atoms with Gasteiger partial charge in [-0.25, -0.2) is 13.9 Å². The van der Waals surface area contributed by atoms with Crippen molar-refractivity contribution in [2.24, 2.45) is 0 Å². The number of nitrogens with zero attached hydrogens (tertiary/aromatic N) is 6. The van der Waals surface area contributed by atoms with E-state index < -0.39 is 11.4 Å². The summed E-state index contributed by atoms with van der Waals surface area (Å²) >= 11 is 0. The van der Waals surface area contributed by atoms with E-state index in [1.165, 1.54) is 25.0 Å². The molecule has 0 spiro atoms. The van der Waals surface area contributed by atoms with E-state index in [0.29, 0.717) is 42.3 Å². The largest absolute Gasteiger partial charge is 0.325 e. The summed E-state index contributed by atoms with van der Waals surface area (Å²) in [5.41, 5.74) is 1.04. The number of amides is 1. The number of nitrogens with one attached hydrogen (secondary N) is 3. The number of anilines is 4. The molecule has 0 bridgehead atoms. The van der Waals surface area contributed by atoms with Crippen LogP contribution in [0.25, 0.3) is 5.52 Å². The minimum Gasteiger partial charge on any atom is -0.325 e. The molecule has 1 saturated heterocycles. The SMILES string of the molecule is C[C@@]1(C(=O)Nc2ccc(F)cn2)CCCN1c1nc(Nc2cc(C3CC3)[nH]n2)c2cccn2n1. The highest BCUT2D eigenvalue weighted by atomic mass is 19.1. The molecular weight excluding hydrogens is 437 g/mol. The van der Waals surface area contributed by atoms with Crippen LogP contribution in [0.2, 0.25) is 0 Å². The summed E-state index contributed by atoms with van der Waals surface area (Å²) in [5.74, 6) is 1.91. The Kier molecular flexibility index (Phi) is 4.71. The molecule has 0 radical (unpaired) electrons. The first kappa shape index (κ1) is 20.6. The molecule has 174 valence electrons. The van der Waals surface area contributed by atoms with Gasteiger partial charge in [-0.3, -0.25) is 9.89 Å². The minimum absolute atomic E-state index is 0.240. The van der Waals surface area contributed by atoms with E-state index in [0.717, 1.165) is 23.8 Å². The number of hydrogen-bond acceptors (Lipinski definition) is 7. The first-order valence-electron chi connectivity index (χ1n) is 11.4. The highest BCUT2D eigenvalue weighted by molar-refractivity contribution is 5.99. The summed E-state index contributed by atoms with van der Waals surface area (Å²) in [7, 11) is 0. The molecule has 1 amide bonds. The van der Waals surface area contributed by atoms with Gasteiger partial charge in [0.05, 0.1) is 6.20 Å². The van der Waals surface area contributed by atoms with Gasteiger partial charge in [0.15, 0.2) is 11.6 Å². The Morgan fingerprint density at radius 3 is 2.94 bits per heavy atom. The van der Waals surface area contributed by atoms with Crippen LogP contribution < -0.4 is 15.5 Å². The standard InChI is InChI=1S/C23H24FN9O/c1-23(21(34)27-18-8-7-15(24)13-25-18)9-3-10-32(23)22-28-20(17-4-2-11-33(17)31-22)26-19-12-16(29-30-19)14-5-6-14/h2,4,7-8,11-14H,3,5-6,9-10H2,1H3,(H,25,27,34)(H2,26,28,29,30,31)/t23-/m0/s1. The molecule has 6 rings (SSSR count). The molecule has 4 aromatic rings. The molecule has 1 aliphatic carbocycles. The maximum absolute atomic E-state index is 13.3. The molecular formula is C23H24FN9O. The van der Waals surface area contributed by atoms with Gasteiger partial charge in [-0.15, -0.1) is 5.10 Å². The number of carbonyl (C=O) groups excluding carboxylic acids is 1. The molecule has 11 heteroatoms.